The van der Waals surface area contributed by atoms with Gasteiger partial charge in [0, 0.05) is 24.7 Å². The Morgan fingerprint density at radius 1 is 1.33 bits per heavy atom. The summed E-state index contributed by atoms with van der Waals surface area (Å²) in [5.74, 6) is 1.50. The van der Waals surface area contributed by atoms with Crippen LogP contribution in [0.2, 0.25) is 0 Å². The van der Waals surface area contributed by atoms with Gasteiger partial charge in [-0.25, -0.2) is 0 Å². The summed E-state index contributed by atoms with van der Waals surface area (Å²) in [7, 11) is 1.71. The van der Waals surface area contributed by atoms with Crippen molar-refractivity contribution in [1.82, 2.24) is 15.1 Å². The lowest BCUT2D eigenvalue weighted by Crippen LogP contribution is -2.34. The van der Waals surface area contributed by atoms with Gasteiger partial charge in [-0.05, 0) is 49.6 Å². The molecule has 2 heterocycles. The molecule has 0 radical (unpaired) electrons. The first-order valence-electron chi connectivity index (χ1n) is 7.61. The van der Waals surface area contributed by atoms with E-state index < -0.39 is 0 Å². The fourth-order valence-corrected chi connectivity index (χ4v) is 3.19. The summed E-state index contributed by atoms with van der Waals surface area (Å²) in [5, 5.41) is 7.35. The zero-order chi connectivity index (χ0) is 14.7. The number of hydrogen-bond donors (Lipinski definition) is 1. The lowest BCUT2D eigenvalue weighted by atomic mass is 9.92. The summed E-state index contributed by atoms with van der Waals surface area (Å²) < 4.78 is 5.21. The Morgan fingerprint density at radius 2 is 2.14 bits per heavy atom. The van der Waals surface area contributed by atoms with Crippen LogP contribution in [0.1, 0.15) is 35.6 Å². The Labute approximate surface area is 126 Å². The fraction of sp³-hybridized carbons (Fsp3) is 0.471. The molecular weight excluding hydrogens is 262 g/mol. The topological polar surface area (TPSA) is 41.1 Å². The molecule has 0 amide bonds. The highest BCUT2D eigenvalue weighted by Gasteiger charge is 2.23. The predicted molar refractivity (Wildman–Crippen MR) is 83.6 cm³/mol. The molecule has 1 saturated heterocycles. The monoisotopic (exact) mass is 285 g/mol. The molecule has 1 atom stereocenters. The van der Waals surface area contributed by atoms with Crippen LogP contribution in [0, 0.1) is 6.92 Å². The molecular formula is C17H23N3O. The van der Waals surface area contributed by atoms with Crippen molar-refractivity contribution in [3.8, 4) is 5.75 Å². The van der Waals surface area contributed by atoms with Gasteiger partial charge >= 0.3 is 0 Å². The van der Waals surface area contributed by atoms with Gasteiger partial charge in [-0.1, -0.05) is 12.1 Å². The van der Waals surface area contributed by atoms with Crippen LogP contribution in [0.5, 0.6) is 5.75 Å². The van der Waals surface area contributed by atoms with E-state index >= 15 is 0 Å². The number of nitrogens with one attached hydrogen (secondary N) is 1. The quantitative estimate of drug-likeness (QED) is 0.938. The number of ether oxygens (including phenoxy) is 1. The first-order valence-corrected chi connectivity index (χ1v) is 7.61. The van der Waals surface area contributed by atoms with Crippen molar-refractivity contribution in [2.24, 2.45) is 0 Å². The van der Waals surface area contributed by atoms with E-state index in [1.165, 1.54) is 36.2 Å². The molecule has 4 heteroatoms. The number of aryl methyl sites for hydroxylation is 1. The number of aromatic nitrogens is 2. The fourth-order valence-electron chi connectivity index (χ4n) is 3.19. The Bertz CT molecular complexity index is 576. The van der Waals surface area contributed by atoms with E-state index in [0.717, 1.165) is 18.8 Å². The van der Waals surface area contributed by atoms with Crippen molar-refractivity contribution in [2.45, 2.75) is 32.2 Å². The third-order valence-corrected chi connectivity index (χ3v) is 4.35. The standard InChI is InChI=1S/C17H23N3O/c1-13-10-18-19-17(13)15-4-3-9-20(12-15)11-14-5-7-16(21-2)8-6-14/h5-8,10,15H,3-4,9,11-12H2,1-2H3,(H,18,19)/t15-/m0/s1. The van der Waals surface area contributed by atoms with Crippen LogP contribution in [0.25, 0.3) is 0 Å². The largest absolute Gasteiger partial charge is 0.497 e. The van der Waals surface area contributed by atoms with Crippen molar-refractivity contribution < 1.29 is 4.74 Å². The minimum atomic E-state index is 0.583. The maximum atomic E-state index is 5.21. The Hall–Kier alpha value is -1.81. The molecule has 0 unspecified atom stereocenters. The lowest BCUT2D eigenvalue weighted by Gasteiger charge is -2.32. The molecule has 2 aromatic rings. The van der Waals surface area contributed by atoms with E-state index in [4.69, 9.17) is 4.74 Å². The molecule has 1 aliphatic rings. The maximum Gasteiger partial charge on any atom is 0.118 e. The second-order valence-electron chi connectivity index (χ2n) is 5.89. The number of methoxy groups -OCH3 is 1. The molecule has 1 N–H and O–H groups in total. The van der Waals surface area contributed by atoms with Crippen LogP contribution in [0.3, 0.4) is 0 Å². The molecule has 1 fully saturated rings. The number of aromatic amines is 1. The molecule has 4 nitrogen and oxygen atoms in total. The SMILES string of the molecule is COc1ccc(CN2CCC[C@H](c3[nH]ncc3C)C2)cc1. The third-order valence-electron chi connectivity index (χ3n) is 4.35. The zero-order valence-electron chi connectivity index (χ0n) is 12.8. The summed E-state index contributed by atoms with van der Waals surface area (Å²) in [6.07, 6.45) is 4.43. The van der Waals surface area contributed by atoms with E-state index in [-0.39, 0.29) is 0 Å². The van der Waals surface area contributed by atoms with Crippen LogP contribution in [0.15, 0.2) is 30.5 Å². The van der Waals surface area contributed by atoms with Crippen molar-refractivity contribution in [1.29, 1.82) is 0 Å². The van der Waals surface area contributed by atoms with E-state index in [1.807, 2.05) is 18.3 Å². The van der Waals surface area contributed by atoms with Gasteiger partial charge in [-0.3, -0.25) is 10.00 Å². The van der Waals surface area contributed by atoms with Crippen molar-refractivity contribution in [2.75, 3.05) is 20.2 Å². The van der Waals surface area contributed by atoms with Crippen molar-refractivity contribution >= 4 is 0 Å². The third kappa shape index (κ3) is 3.27. The van der Waals surface area contributed by atoms with Gasteiger partial charge in [0.2, 0.25) is 0 Å². The highest BCUT2D eigenvalue weighted by Crippen LogP contribution is 2.28. The van der Waals surface area contributed by atoms with Gasteiger partial charge in [0.25, 0.3) is 0 Å². The Kier molecular flexibility index (Phi) is 4.25. The minimum absolute atomic E-state index is 0.583. The van der Waals surface area contributed by atoms with Gasteiger partial charge in [0.05, 0.1) is 13.3 Å². The maximum absolute atomic E-state index is 5.21. The van der Waals surface area contributed by atoms with Gasteiger partial charge in [0.1, 0.15) is 5.75 Å². The molecule has 1 aromatic heterocycles. The van der Waals surface area contributed by atoms with Crippen LogP contribution in [0.4, 0.5) is 0 Å². The smallest absolute Gasteiger partial charge is 0.118 e. The molecule has 3 rings (SSSR count). The average Bonchev–Trinajstić information content (AvgIpc) is 2.94. The lowest BCUT2D eigenvalue weighted by molar-refractivity contribution is 0.198. The van der Waals surface area contributed by atoms with Crippen LogP contribution in [-0.4, -0.2) is 35.3 Å². The van der Waals surface area contributed by atoms with E-state index in [2.05, 4.69) is 34.2 Å². The van der Waals surface area contributed by atoms with E-state index in [1.54, 1.807) is 7.11 Å². The molecule has 1 aromatic carbocycles. The van der Waals surface area contributed by atoms with E-state index in [0.29, 0.717) is 5.92 Å². The summed E-state index contributed by atoms with van der Waals surface area (Å²) >= 11 is 0. The predicted octanol–water partition coefficient (Wildman–Crippen LogP) is 3.11. The molecule has 21 heavy (non-hydrogen) atoms. The highest BCUT2D eigenvalue weighted by atomic mass is 16.5. The first kappa shape index (κ1) is 14.1. The van der Waals surface area contributed by atoms with Gasteiger partial charge in [-0.15, -0.1) is 0 Å². The van der Waals surface area contributed by atoms with Crippen molar-refractivity contribution in [3.05, 3.63) is 47.3 Å². The number of hydrogen-bond acceptors (Lipinski definition) is 3. The summed E-state index contributed by atoms with van der Waals surface area (Å²) in [5.41, 5.74) is 3.94. The number of piperidine rings is 1. The first-order chi connectivity index (χ1) is 10.3. The summed E-state index contributed by atoms with van der Waals surface area (Å²) in [6, 6.07) is 8.39. The normalized spacial score (nSPS) is 19.6. The number of benzene rings is 1. The Morgan fingerprint density at radius 3 is 2.81 bits per heavy atom. The van der Waals surface area contributed by atoms with Crippen LogP contribution >= 0.6 is 0 Å². The van der Waals surface area contributed by atoms with Gasteiger partial charge in [0.15, 0.2) is 0 Å². The average molecular weight is 285 g/mol. The number of nitrogens with zero attached hydrogens (tertiary/aromatic N) is 2. The summed E-state index contributed by atoms with van der Waals surface area (Å²) in [6.45, 7) is 5.43. The molecule has 1 aliphatic heterocycles. The number of rotatable bonds is 4. The molecule has 0 aliphatic carbocycles. The second kappa shape index (κ2) is 6.31. The van der Waals surface area contributed by atoms with Crippen LogP contribution in [-0.2, 0) is 6.54 Å². The van der Waals surface area contributed by atoms with E-state index in [9.17, 15) is 0 Å². The molecule has 0 saturated carbocycles. The second-order valence-corrected chi connectivity index (χ2v) is 5.89. The molecule has 112 valence electrons. The molecule has 0 spiro atoms. The number of H-pyrrole nitrogens is 1. The molecule has 0 bridgehead atoms. The Balaban J connectivity index is 1.64. The summed E-state index contributed by atoms with van der Waals surface area (Å²) in [4.78, 5) is 2.54. The van der Waals surface area contributed by atoms with Gasteiger partial charge < -0.3 is 4.74 Å². The number of likely N-dealkylation sites (tertiary alicyclic amines) is 1. The van der Waals surface area contributed by atoms with Gasteiger partial charge in [-0.2, -0.15) is 5.10 Å². The zero-order valence-corrected chi connectivity index (χ0v) is 12.8. The highest BCUT2D eigenvalue weighted by molar-refractivity contribution is 5.27. The van der Waals surface area contributed by atoms with Crippen molar-refractivity contribution in [3.63, 3.8) is 0 Å². The van der Waals surface area contributed by atoms with Crippen LogP contribution < -0.4 is 4.74 Å². The minimum Gasteiger partial charge on any atom is -0.497 e.